The van der Waals surface area contributed by atoms with Crippen LogP contribution in [0.15, 0.2) is 42.6 Å². The highest BCUT2D eigenvalue weighted by Crippen LogP contribution is 2.33. The molecule has 3 aromatic rings. The van der Waals surface area contributed by atoms with Crippen molar-refractivity contribution >= 4 is 52.2 Å². The summed E-state index contributed by atoms with van der Waals surface area (Å²) in [6.07, 6.45) is 8.09. The molecule has 43 heavy (non-hydrogen) atoms. The third-order valence-corrected chi connectivity index (χ3v) is 8.52. The van der Waals surface area contributed by atoms with Crippen LogP contribution in [0.2, 0.25) is 5.02 Å². The summed E-state index contributed by atoms with van der Waals surface area (Å²) >= 11 is 6.48. The Labute approximate surface area is 254 Å². The summed E-state index contributed by atoms with van der Waals surface area (Å²) < 4.78 is 27.4. The number of amides is 2. The molecule has 3 fully saturated rings. The van der Waals surface area contributed by atoms with Crippen LogP contribution in [0, 0.1) is 11.6 Å². The van der Waals surface area contributed by atoms with E-state index >= 15 is 0 Å². The first kappa shape index (κ1) is 29.1. The van der Waals surface area contributed by atoms with E-state index in [1.165, 1.54) is 12.6 Å². The highest BCUT2D eigenvalue weighted by Gasteiger charge is 2.34. The zero-order chi connectivity index (χ0) is 29.9. The Morgan fingerprint density at radius 1 is 0.860 bits per heavy atom. The van der Waals surface area contributed by atoms with Crippen molar-refractivity contribution < 1.29 is 18.4 Å². The normalized spacial score (nSPS) is 18.7. The molecule has 1 aromatic heterocycles. The fourth-order valence-electron chi connectivity index (χ4n) is 6.18. The molecule has 0 bridgehead atoms. The molecule has 4 heterocycles. The number of aromatic nitrogens is 2. The fraction of sp³-hybridized carbons (Fsp3) is 0.419. The lowest BCUT2D eigenvalue weighted by Crippen LogP contribution is -2.40. The van der Waals surface area contributed by atoms with E-state index in [1.54, 1.807) is 6.07 Å². The number of piperidine rings is 1. The molecule has 9 nitrogen and oxygen atoms in total. The summed E-state index contributed by atoms with van der Waals surface area (Å²) in [5, 5.41) is 6.09. The molecule has 2 N–H and O–H groups in total. The van der Waals surface area contributed by atoms with Crippen molar-refractivity contribution in [3.8, 4) is 0 Å². The van der Waals surface area contributed by atoms with Gasteiger partial charge in [0.1, 0.15) is 22.7 Å². The molecule has 0 aliphatic carbocycles. The first-order valence-corrected chi connectivity index (χ1v) is 15.2. The van der Waals surface area contributed by atoms with Crippen LogP contribution in [-0.2, 0) is 4.79 Å². The Morgan fingerprint density at radius 2 is 1.58 bits per heavy atom. The monoisotopic (exact) mass is 609 g/mol. The van der Waals surface area contributed by atoms with Gasteiger partial charge in [0.25, 0.3) is 5.91 Å². The van der Waals surface area contributed by atoms with Crippen LogP contribution in [0.5, 0.6) is 0 Å². The van der Waals surface area contributed by atoms with Gasteiger partial charge < -0.3 is 25.3 Å². The third-order valence-electron chi connectivity index (χ3n) is 8.26. The average molecular weight is 610 g/mol. The Kier molecular flexibility index (Phi) is 8.60. The molecule has 2 aromatic carbocycles. The van der Waals surface area contributed by atoms with E-state index in [2.05, 4.69) is 25.5 Å². The van der Waals surface area contributed by atoms with Gasteiger partial charge in [-0.2, -0.15) is 4.98 Å². The van der Waals surface area contributed by atoms with Crippen molar-refractivity contribution in [1.29, 1.82) is 0 Å². The average Bonchev–Trinajstić information content (AvgIpc) is 3.71. The first-order valence-electron chi connectivity index (χ1n) is 14.9. The van der Waals surface area contributed by atoms with Gasteiger partial charge >= 0.3 is 0 Å². The number of carbonyl (C=O) groups excluding carboxylic acids is 2. The van der Waals surface area contributed by atoms with E-state index < -0.39 is 17.7 Å². The molecule has 12 heteroatoms. The zero-order valence-corrected chi connectivity index (χ0v) is 24.5. The van der Waals surface area contributed by atoms with E-state index in [4.69, 9.17) is 11.6 Å². The maximum Gasteiger partial charge on any atom is 0.256 e. The summed E-state index contributed by atoms with van der Waals surface area (Å²) in [5.41, 5.74) is 2.24. The largest absolute Gasteiger partial charge is 0.371 e. The van der Waals surface area contributed by atoms with Crippen LogP contribution < -0.4 is 20.4 Å². The highest BCUT2D eigenvalue weighted by molar-refractivity contribution is 6.33. The van der Waals surface area contributed by atoms with Crippen LogP contribution in [0.4, 0.5) is 37.6 Å². The van der Waals surface area contributed by atoms with Gasteiger partial charge in [0.2, 0.25) is 11.9 Å². The van der Waals surface area contributed by atoms with Gasteiger partial charge in [-0.05, 0) is 75.3 Å². The number of nitrogens with zero attached hydrogens (tertiary/aromatic N) is 5. The quantitative estimate of drug-likeness (QED) is 0.340. The smallest absolute Gasteiger partial charge is 0.256 e. The lowest BCUT2D eigenvalue weighted by Gasteiger charge is -2.31. The van der Waals surface area contributed by atoms with E-state index in [-0.39, 0.29) is 28.5 Å². The molecular formula is C31H34ClF2N7O2. The van der Waals surface area contributed by atoms with Crippen molar-refractivity contribution in [3.05, 3.63) is 64.8 Å². The van der Waals surface area contributed by atoms with Crippen molar-refractivity contribution in [3.63, 3.8) is 0 Å². The van der Waals surface area contributed by atoms with E-state index in [1.807, 2.05) is 21.9 Å². The van der Waals surface area contributed by atoms with Gasteiger partial charge in [-0.1, -0.05) is 11.6 Å². The number of carbonyl (C=O) groups is 2. The van der Waals surface area contributed by atoms with Gasteiger partial charge in [0, 0.05) is 55.9 Å². The lowest BCUT2D eigenvalue weighted by molar-refractivity contribution is -0.117. The van der Waals surface area contributed by atoms with Crippen LogP contribution in [-0.4, -0.2) is 65.4 Å². The second-order valence-electron chi connectivity index (χ2n) is 11.3. The number of nitrogens with one attached hydrogen (secondary N) is 2. The predicted molar refractivity (Wildman–Crippen MR) is 163 cm³/mol. The van der Waals surface area contributed by atoms with E-state index in [0.29, 0.717) is 30.0 Å². The molecule has 0 saturated carbocycles. The van der Waals surface area contributed by atoms with E-state index in [9.17, 15) is 18.4 Å². The maximum absolute atomic E-state index is 13.7. The fourth-order valence-corrected chi connectivity index (χ4v) is 6.38. The van der Waals surface area contributed by atoms with Crippen molar-refractivity contribution in [1.82, 2.24) is 14.9 Å². The summed E-state index contributed by atoms with van der Waals surface area (Å²) in [4.78, 5) is 41.8. The van der Waals surface area contributed by atoms with Crippen LogP contribution in [0.25, 0.3) is 0 Å². The molecule has 1 atom stereocenters. The summed E-state index contributed by atoms with van der Waals surface area (Å²) in [6.45, 7) is 3.85. The predicted octanol–water partition coefficient (Wildman–Crippen LogP) is 5.99. The first-order chi connectivity index (χ1) is 20.9. The number of hydrogen-bond donors (Lipinski definition) is 2. The molecule has 0 unspecified atom stereocenters. The third kappa shape index (κ3) is 6.51. The molecule has 226 valence electrons. The minimum absolute atomic E-state index is 0.00245. The van der Waals surface area contributed by atoms with Crippen LogP contribution in [0.3, 0.4) is 0 Å². The molecule has 6 rings (SSSR count). The summed E-state index contributed by atoms with van der Waals surface area (Å²) in [6, 6.07) is 8.09. The molecule has 3 aliphatic rings. The van der Waals surface area contributed by atoms with Crippen molar-refractivity contribution in [2.45, 2.75) is 51.0 Å². The maximum atomic E-state index is 13.7. The molecule has 3 aliphatic heterocycles. The van der Waals surface area contributed by atoms with Gasteiger partial charge in [-0.3, -0.25) is 9.59 Å². The van der Waals surface area contributed by atoms with Gasteiger partial charge in [-0.15, -0.1) is 0 Å². The molecular weight excluding hydrogens is 576 g/mol. The topological polar surface area (TPSA) is 93.7 Å². The second-order valence-corrected chi connectivity index (χ2v) is 11.7. The Morgan fingerprint density at radius 3 is 2.33 bits per heavy atom. The van der Waals surface area contributed by atoms with Crippen molar-refractivity contribution in [2.24, 2.45) is 0 Å². The molecule has 0 radical (unpaired) electrons. The van der Waals surface area contributed by atoms with Crippen LogP contribution in [0.1, 0.15) is 55.3 Å². The van der Waals surface area contributed by atoms with Gasteiger partial charge in [0.05, 0.1) is 11.8 Å². The van der Waals surface area contributed by atoms with Crippen LogP contribution >= 0.6 is 11.6 Å². The van der Waals surface area contributed by atoms with Gasteiger partial charge in [0.15, 0.2) is 5.82 Å². The number of anilines is 5. The number of benzene rings is 2. The Hall–Kier alpha value is -3.99. The lowest BCUT2D eigenvalue weighted by atomic mass is 10.0. The summed E-state index contributed by atoms with van der Waals surface area (Å²) in [5.74, 6) is -1.26. The standard InChI is InChI=1S/C31H34ClF2N7O2/c32-25-19-35-31(37-23-16-20(33)15-21(34)17-23)38-28(25)41-14-6-7-27(41)29(42)36-22-8-9-26(39-10-2-1-3-11-39)24(18-22)30(43)40-12-4-5-13-40/h8-9,15-19,27H,1-7,10-14H2,(H,36,42)(H,35,37,38)/t27-/m0/s1. The Balaban J connectivity index is 1.22. The minimum Gasteiger partial charge on any atom is -0.371 e. The molecule has 2 amide bonds. The van der Waals surface area contributed by atoms with E-state index in [0.717, 1.165) is 82.2 Å². The number of rotatable bonds is 7. The second kappa shape index (κ2) is 12.7. The SMILES string of the molecule is O=C(Nc1ccc(N2CCCCC2)c(C(=O)N2CCCC2)c1)[C@@H]1CCCN1c1nc(Nc2cc(F)cc(F)c2)ncc1Cl. The van der Waals surface area contributed by atoms with Gasteiger partial charge in [-0.25, -0.2) is 13.8 Å². The van der Waals surface area contributed by atoms with Crippen molar-refractivity contribution in [2.75, 3.05) is 53.2 Å². The summed E-state index contributed by atoms with van der Waals surface area (Å²) in [7, 11) is 0. The zero-order valence-electron chi connectivity index (χ0n) is 23.8. The minimum atomic E-state index is -0.734. The Bertz CT molecular complexity index is 1490. The molecule has 3 saturated heterocycles. The number of halogens is 3. The number of likely N-dealkylation sites (tertiary alicyclic amines) is 1. The molecule has 0 spiro atoms. The highest BCUT2D eigenvalue weighted by atomic mass is 35.5. The number of hydrogen-bond acceptors (Lipinski definition) is 7.